The third-order valence-electron chi connectivity index (χ3n) is 6.29. The van der Waals surface area contributed by atoms with E-state index in [4.69, 9.17) is 14.2 Å². The Morgan fingerprint density at radius 2 is 1.90 bits per heavy atom. The molecule has 1 aliphatic heterocycles. The second-order valence-electron chi connectivity index (χ2n) is 8.29. The van der Waals surface area contributed by atoms with Crippen LogP contribution in [0.25, 0.3) is 0 Å². The lowest BCUT2D eigenvalue weighted by Gasteiger charge is -2.37. The monoisotopic (exact) mass is 418 g/mol. The predicted octanol–water partition coefficient (Wildman–Crippen LogP) is 1.71. The van der Waals surface area contributed by atoms with Gasteiger partial charge in [-0.3, -0.25) is 9.59 Å². The highest BCUT2D eigenvalue weighted by atomic mass is 16.6. The van der Waals surface area contributed by atoms with Crippen molar-refractivity contribution in [3.8, 4) is 0 Å². The van der Waals surface area contributed by atoms with Gasteiger partial charge in [0.2, 0.25) is 5.60 Å². The van der Waals surface area contributed by atoms with E-state index in [9.17, 15) is 24.3 Å². The van der Waals surface area contributed by atoms with E-state index in [1.165, 1.54) is 13.0 Å². The first kappa shape index (κ1) is 22.0. The molecule has 1 saturated heterocycles. The van der Waals surface area contributed by atoms with Crippen molar-refractivity contribution in [2.24, 2.45) is 5.92 Å². The number of aliphatic hydroxyl groups is 1. The average Bonchev–Trinajstić information content (AvgIpc) is 2.99. The molecule has 2 aliphatic carbocycles. The van der Waals surface area contributed by atoms with Gasteiger partial charge < -0.3 is 19.3 Å². The van der Waals surface area contributed by atoms with Gasteiger partial charge >= 0.3 is 17.9 Å². The SMILES string of the molecule is C/C=C(/C)C(=O)O[C@H]1CC(C)=C2C(=O)C=C(C)[C@@]2(O)[C@@H]2OC(=O)[C@@](C)(OC(C)=O)[C@H]12. The van der Waals surface area contributed by atoms with Gasteiger partial charge in [0.05, 0.1) is 5.92 Å². The normalized spacial score (nSPS) is 35.9. The fourth-order valence-corrected chi connectivity index (χ4v) is 4.69. The van der Waals surface area contributed by atoms with Crippen molar-refractivity contribution in [3.63, 3.8) is 0 Å². The molecule has 30 heavy (non-hydrogen) atoms. The first-order valence-electron chi connectivity index (χ1n) is 9.78. The highest BCUT2D eigenvalue weighted by molar-refractivity contribution is 6.11. The van der Waals surface area contributed by atoms with Crippen LogP contribution in [0.4, 0.5) is 0 Å². The summed E-state index contributed by atoms with van der Waals surface area (Å²) in [5, 5.41) is 11.6. The number of hydrogen-bond acceptors (Lipinski definition) is 8. The number of hydrogen-bond donors (Lipinski definition) is 1. The lowest BCUT2D eigenvalue weighted by atomic mass is 9.74. The Morgan fingerprint density at radius 1 is 1.27 bits per heavy atom. The van der Waals surface area contributed by atoms with Crippen LogP contribution in [-0.4, -0.2) is 52.2 Å². The zero-order chi connectivity index (χ0) is 22.6. The molecule has 0 aromatic heterocycles. The van der Waals surface area contributed by atoms with E-state index in [-0.39, 0.29) is 17.8 Å². The highest BCUT2D eigenvalue weighted by Gasteiger charge is 2.69. The van der Waals surface area contributed by atoms with Crippen LogP contribution in [0.5, 0.6) is 0 Å². The molecule has 3 rings (SSSR count). The zero-order valence-electron chi connectivity index (χ0n) is 17.9. The zero-order valence-corrected chi connectivity index (χ0v) is 17.9. The molecule has 1 fully saturated rings. The second kappa shape index (κ2) is 7.19. The van der Waals surface area contributed by atoms with E-state index >= 15 is 0 Å². The van der Waals surface area contributed by atoms with Crippen LogP contribution in [0.1, 0.15) is 48.0 Å². The molecule has 8 heteroatoms. The van der Waals surface area contributed by atoms with E-state index in [2.05, 4.69) is 0 Å². The molecule has 1 N–H and O–H groups in total. The molecule has 0 radical (unpaired) electrons. The molecule has 0 unspecified atom stereocenters. The van der Waals surface area contributed by atoms with Crippen molar-refractivity contribution in [3.05, 3.63) is 34.4 Å². The second-order valence-corrected chi connectivity index (χ2v) is 8.29. The van der Waals surface area contributed by atoms with Crippen molar-refractivity contribution in [1.82, 2.24) is 0 Å². The van der Waals surface area contributed by atoms with E-state index < -0.39 is 47.2 Å². The van der Waals surface area contributed by atoms with Crippen LogP contribution in [0.3, 0.4) is 0 Å². The summed E-state index contributed by atoms with van der Waals surface area (Å²) in [6, 6.07) is 0. The topological polar surface area (TPSA) is 116 Å². The van der Waals surface area contributed by atoms with Gasteiger partial charge in [-0.1, -0.05) is 11.6 Å². The van der Waals surface area contributed by atoms with Crippen LogP contribution in [0.15, 0.2) is 34.4 Å². The summed E-state index contributed by atoms with van der Waals surface area (Å²) >= 11 is 0. The van der Waals surface area contributed by atoms with Gasteiger partial charge in [-0.25, -0.2) is 9.59 Å². The summed E-state index contributed by atoms with van der Waals surface area (Å²) < 4.78 is 16.6. The fourth-order valence-electron chi connectivity index (χ4n) is 4.69. The maximum atomic E-state index is 12.8. The molecule has 1 heterocycles. The molecule has 162 valence electrons. The molecule has 3 aliphatic rings. The van der Waals surface area contributed by atoms with Crippen molar-refractivity contribution in [1.29, 1.82) is 0 Å². The summed E-state index contributed by atoms with van der Waals surface area (Å²) in [6.07, 6.45) is 0.718. The Labute approximate surface area is 174 Å². The fraction of sp³-hybridized carbons (Fsp3) is 0.545. The number of ketones is 1. The predicted molar refractivity (Wildman–Crippen MR) is 104 cm³/mol. The number of carbonyl (C=O) groups is 4. The molecule has 0 bridgehead atoms. The average molecular weight is 418 g/mol. The van der Waals surface area contributed by atoms with Gasteiger partial charge in [-0.05, 0) is 46.3 Å². The van der Waals surface area contributed by atoms with Gasteiger partial charge in [0.1, 0.15) is 12.2 Å². The van der Waals surface area contributed by atoms with Gasteiger partial charge in [0, 0.05) is 24.5 Å². The summed E-state index contributed by atoms with van der Waals surface area (Å²) in [7, 11) is 0. The summed E-state index contributed by atoms with van der Waals surface area (Å²) in [5.74, 6) is -3.62. The molecular weight excluding hydrogens is 392 g/mol. The summed E-state index contributed by atoms with van der Waals surface area (Å²) in [6.45, 7) is 9.04. The first-order chi connectivity index (χ1) is 13.9. The van der Waals surface area contributed by atoms with Crippen LogP contribution in [-0.2, 0) is 33.4 Å². The van der Waals surface area contributed by atoms with Gasteiger partial charge in [-0.2, -0.15) is 0 Å². The number of fused-ring (bicyclic) bond motifs is 3. The summed E-state index contributed by atoms with van der Waals surface area (Å²) in [5.41, 5.74) is -2.41. The van der Waals surface area contributed by atoms with Crippen LogP contribution < -0.4 is 0 Å². The third kappa shape index (κ3) is 3.01. The smallest absolute Gasteiger partial charge is 0.351 e. The minimum absolute atomic E-state index is 0.0713. The Morgan fingerprint density at radius 3 is 2.47 bits per heavy atom. The molecule has 0 spiro atoms. The molecule has 0 aromatic rings. The lowest BCUT2D eigenvalue weighted by Crippen LogP contribution is -2.54. The number of ether oxygens (including phenoxy) is 3. The Bertz CT molecular complexity index is 939. The summed E-state index contributed by atoms with van der Waals surface area (Å²) in [4.78, 5) is 49.8. The maximum Gasteiger partial charge on any atom is 0.351 e. The van der Waals surface area contributed by atoms with E-state index in [0.717, 1.165) is 6.92 Å². The van der Waals surface area contributed by atoms with Gasteiger partial charge in [-0.15, -0.1) is 0 Å². The lowest BCUT2D eigenvalue weighted by molar-refractivity contribution is -0.176. The van der Waals surface area contributed by atoms with Crippen molar-refractivity contribution in [2.45, 2.75) is 71.4 Å². The van der Waals surface area contributed by atoms with Crippen LogP contribution in [0.2, 0.25) is 0 Å². The van der Waals surface area contributed by atoms with E-state index in [1.807, 2.05) is 0 Å². The Hall–Kier alpha value is -2.74. The minimum Gasteiger partial charge on any atom is -0.458 e. The molecule has 0 aromatic carbocycles. The number of allylic oxidation sites excluding steroid dienone is 2. The molecule has 0 amide bonds. The van der Waals surface area contributed by atoms with Gasteiger partial charge in [0.25, 0.3) is 0 Å². The molecule has 0 saturated carbocycles. The number of rotatable bonds is 3. The van der Waals surface area contributed by atoms with Crippen LogP contribution in [0, 0.1) is 5.92 Å². The van der Waals surface area contributed by atoms with Gasteiger partial charge in [0.15, 0.2) is 11.4 Å². The number of esters is 3. The maximum absolute atomic E-state index is 12.8. The molecule has 8 nitrogen and oxygen atoms in total. The van der Waals surface area contributed by atoms with E-state index in [0.29, 0.717) is 16.7 Å². The van der Waals surface area contributed by atoms with Crippen molar-refractivity contribution < 1.29 is 38.5 Å². The molecular formula is C22H26O8. The minimum atomic E-state index is -1.89. The highest BCUT2D eigenvalue weighted by Crippen LogP contribution is 2.53. The largest absolute Gasteiger partial charge is 0.458 e. The Balaban J connectivity index is 2.19. The standard InChI is InChI=1S/C22H26O8/c1-7-10(2)19(25)28-15-8-11(3)16-14(24)9-12(4)22(16,27)18-17(15)21(6,20(26)29-18)30-13(5)23/h7,9,15,17-18,27H,8H2,1-6H3/b10-7-/t15-,17+,18+,21-,22-/m0/s1. The van der Waals surface area contributed by atoms with Crippen molar-refractivity contribution >= 4 is 23.7 Å². The third-order valence-corrected chi connectivity index (χ3v) is 6.29. The number of carbonyl (C=O) groups excluding carboxylic acids is 4. The van der Waals surface area contributed by atoms with Crippen molar-refractivity contribution in [2.75, 3.05) is 0 Å². The van der Waals surface area contributed by atoms with Crippen LogP contribution >= 0.6 is 0 Å². The van der Waals surface area contributed by atoms with E-state index in [1.54, 1.807) is 33.8 Å². The first-order valence-corrected chi connectivity index (χ1v) is 9.78. The quantitative estimate of drug-likeness (QED) is 0.418. The molecule has 5 atom stereocenters. The Kier molecular flexibility index (Phi) is 5.27.